The Morgan fingerprint density at radius 3 is 2.84 bits per heavy atom. The van der Waals surface area contributed by atoms with Gasteiger partial charge in [0, 0.05) is 43.0 Å². The molecule has 2 spiro atoms. The van der Waals surface area contributed by atoms with Crippen molar-refractivity contribution in [3.05, 3.63) is 46.2 Å². The first-order valence-electron chi connectivity index (χ1n) is 16.5. The number of piperazine rings is 1. The largest absolute Gasteiger partial charge is 0.473 e. The molecule has 45 heavy (non-hydrogen) atoms. The minimum atomic E-state index is -0.443. The Morgan fingerprint density at radius 2 is 2.09 bits per heavy atom. The predicted octanol–water partition coefficient (Wildman–Crippen LogP) is 3.76. The van der Waals surface area contributed by atoms with Crippen LogP contribution in [0.3, 0.4) is 0 Å². The summed E-state index contributed by atoms with van der Waals surface area (Å²) in [5.41, 5.74) is 10.9. The molecule has 0 bridgehead atoms. The molecule has 5 aliphatic rings. The number of nitrogens with one attached hydrogen (secondary N) is 1. The van der Waals surface area contributed by atoms with Crippen molar-refractivity contribution in [3.8, 4) is 23.5 Å². The van der Waals surface area contributed by atoms with Gasteiger partial charge in [0.2, 0.25) is 5.88 Å². The van der Waals surface area contributed by atoms with Crippen LogP contribution < -0.4 is 20.7 Å². The van der Waals surface area contributed by atoms with Crippen LogP contribution in [0.25, 0.3) is 11.5 Å². The highest BCUT2D eigenvalue weighted by Gasteiger charge is 2.51. The van der Waals surface area contributed by atoms with Crippen molar-refractivity contribution >= 4 is 11.5 Å². The number of nitrogen functional groups attached to an aromatic ring is 1. The van der Waals surface area contributed by atoms with Crippen molar-refractivity contribution in [1.82, 2.24) is 25.3 Å². The van der Waals surface area contributed by atoms with E-state index in [-0.39, 0.29) is 17.6 Å². The van der Waals surface area contributed by atoms with Crippen LogP contribution in [0.5, 0.6) is 5.88 Å². The van der Waals surface area contributed by atoms with Gasteiger partial charge in [0.15, 0.2) is 17.3 Å². The molecule has 0 radical (unpaired) electrons. The zero-order chi connectivity index (χ0) is 30.9. The van der Waals surface area contributed by atoms with Crippen LogP contribution in [0, 0.1) is 11.3 Å². The van der Waals surface area contributed by atoms with Gasteiger partial charge in [0.05, 0.1) is 29.7 Å². The number of hydrogen-bond acceptors (Lipinski definition) is 11. The Balaban J connectivity index is 1.21. The van der Waals surface area contributed by atoms with Crippen molar-refractivity contribution in [3.63, 3.8) is 0 Å². The van der Waals surface area contributed by atoms with Gasteiger partial charge in [-0.2, -0.15) is 10.2 Å². The number of anilines is 2. The summed E-state index contributed by atoms with van der Waals surface area (Å²) in [4.78, 5) is 14.8. The van der Waals surface area contributed by atoms with Crippen molar-refractivity contribution < 1.29 is 14.0 Å². The highest BCUT2D eigenvalue weighted by atomic mass is 16.5. The van der Waals surface area contributed by atoms with Crippen LogP contribution in [0.4, 0.5) is 11.5 Å². The quantitative estimate of drug-likeness (QED) is 0.409. The van der Waals surface area contributed by atoms with E-state index >= 15 is 0 Å². The van der Waals surface area contributed by atoms with E-state index in [0.717, 1.165) is 81.0 Å². The molecule has 5 heterocycles. The highest BCUT2D eigenvalue weighted by molar-refractivity contribution is 5.69. The number of hydrogen-bond donors (Lipinski definition) is 2. The predicted molar refractivity (Wildman–Crippen MR) is 169 cm³/mol. The summed E-state index contributed by atoms with van der Waals surface area (Å²) < 4.78 is 18.5. The molecule has 2 aliphatic carbocycles. The Labute approximate surface area is 264 Å². The van der Waals surface area contributed by atoms with Crippen molar-refractivity contribution in [1.29, 1.82) is 5.26 Å². The first kappa shape index (κ1) is 28.7. The van der Waals surface area contributed by atoms with Gasteiger partial charge in [0.25, 0.3) is 0 Å². The first-order valence-corrected chi connectivity index (χ1v) is 16.5. The zero-order valence-electron chi connectivity index (χ0n) is 26.4. The average molecular weight is 611 g/mol. The maximum absolute atomic E-state index is 10.2. The Hall–Kier alpha value is -3.72. The monoisotopic (exact) mass is 610 g/mol. The minimum absolute atomic E-state index is 0.0247. The van der Waals surface area contributed by atoms with E-state index in [2.05, 4.69) is 53.3 Å². The van der Waals surface area contributed by atoms with Crippen LogP contribution >= 0.6 is 0 Å². The van der Waals surface area contributed by atoms with Crippen LogP contribution in [0.2, 0.25) is 0 Å². The number of ether oxygens (including phenoxy) is 2. The number of nitrogens with zero attached hydrogens (tertiary/aromatic N) is 6. The molecule has 4 unspecified atom stereocenters. The summed E-state index contributed by atoms with van der Waals surface area (Å²) in [5.74, 6) is 3.02. The molecule has 3 fully saturated rings. The average Bonchev–Trinajstić information content (AvgIpc) is 3.73. The fourth-order valence-electron chi connectivity index (χ4n) is 8.86. The second-order valence-corrected chi connectivity index (χ2v) is 14.0. The molecule has 3 aliphatic heterocycles. The van der Waals surface area contributed by atoms with E-state index in [1.54, 1.807) is 0 Å². The summed E-state index contributed by atoms with van der Waals surface area (Å²) in [6.45, 7) is 9.32. The lowest BCUT2D eigenvalue weighted by Gasteiger charge is -2.49. The SMILES string of the molecule is CC1CC2(CCCc3c(-c4nc(OC(C)C5CCCN5C)cc(N5CCNC6(COC6)C5)n4)noc32)c2c1ccc(N)c2C#N. The number of likely N-dealkylation sites (N-methyl/N-ethyl adjacent to an activating group) is 1. The number of fused-ring (bicyclic) bond motifs is 4. The second kappa shape index (κ2) is 10.7. The molecule has 8 rings (SSSR count). The van der Waals surface area contributed by atoms with E-state index < -0.39 is 5.41 Å². The van der Waals surface area contributed by atoms with Crippen LogP contribution in [0.15, 0.2) is 22.7 Å². The maximum Gasteiger partial charge on any atom is 0.219 e. The molecule has 2 aromatic heterocycles. The van der Waals surface area contributed by atoms with Crippen molar-refractivity contribution in [2.45, 2.75) is 81.4 Å². The lowest BCUT2D eigenvalue weighted by Crippen LogP contribution is -2.70. The standard InChI is InChI=1S/C34H42N8O3/c1-20-15-34(29-22(20)8-9-25(36)24(29)16-35)10-4-6-23-30(40-45-31(23)34)32-38-27(42-13-11-37-33(17-42)18-43-19-33)14-28(39-32)44-21(2)26-7-5-12-41(26)3/h8-9,14,20-21,26,37H,4-7,10-13,15,17-19,36H2,1-3H3. The van der Waals surface area contributed by atoms with Gasteiger partial charge in [-0.15, -0.1) is 0 Å². The maximum atomic E-state index is 10.2. The van der Waals surface area contributed by atoms with Gasteiger partial charge in [-0.1, -0.05) is 18.1 Å². The summed E-state index contributed by atoms with van der Waals surface area (Å²) in [7, 11) is 2.17. The molecule has 3 aromatic rings. The zero-order valence-corrected chi connectivity index (χ0v) is 26.4. The van der Waals surface area contributed by atoms with Crippen molar-refractivity contribution in [2.24, 2.45) is 0 Å². The Bertz CT molecular complexity index is 1680. The molecular weight excluding hydrogens is 568 g/mol. The molecule has 0 amide bonds. The van der Waals surface area contributed by atoms with Gasteiger partial charge >= 0.3 is 0 Å². The minimum Gasteiger partial charge on any atom is -0.473 e. The molecule has 0 saturated carbocycles. The third kappa shape index (κ3) is 4.52. The number of benzene rings is 1. The van der Waals surface area contributed by atoms with Crippen LogP contribution in [-0.2, 0) is 16.6 Å². The highest BCUT2D eigenvalue weighted by Crippen LogP contribution is 2.57. The molecule has 11 heteroatoms. The van der Waals surface area contributed by atoms with E-state index in [1.807, 2.05) is 12.1 Å². The topological polar surface area (TPSA) is 139 Å². The number of aromatic nitrogens is 3. The Morgan fingerprint density at radius 1 is 1.22 bits per heavy atom. The third-order valence-corrected chi connectivity index (χ3v) is 11.1. The molecular formula is C34H42N8O3. The lowest BCUT2D eigenvalue weighted by molar-refractivity contribution is -0.0743. The lowest BCUT2D eigenvalue weighted by atomic mass is 9.68. The van der Waals surface area contributed by atoms with E-state index in [1.165, 1.54) is 12.0 Å². The number of nitrogens with two attached hydrogens (primary N) is 1. The van der Waals surface area contributed by atoms with Gasteiger partial charge < -0.3 is 29.9 Å². The number of rotatable bonds is 5. The van der Waals surface area contributed by atoms with E-state index in [4.69, 9.17) is 29.7 Å². The third-order valence-electron chi connectivity index (χ3n) is 11.1. The first-order chi connectivity index (χ1) is 21.8. The number of likely N-dealkylation sites (tertiary alicyclic amines) is 1. The van der Waals surface area contributed by atoms with E-state index in [9.17, 15) is 5.26 Å². The fourth-order valence-corrected chi connectivity index (χ4v) is 8.86. The van der Waals surface area contributed by atoms with Crippen LogP contribution in [0.1, 0.15) is 79.9 Å². The van der Waals surface area contributed by atoms with Crippen LogP contribution in [-0.4, -0.2) is 84.1 Å². The summed E-state index contributed by atoms with van der Waals surface area (Å²) in [6.07, 6.45) is 5.76. The van der Waals surface area contributed by atoms with Gasteiger partial charge in [-0.05, 0) is 82.2 Å². The summed E-state index contributed by atoms with van der Waals surface area (Å²) >= 11 is 0. The molecule has 4 atom stereocenters. The normalized spacial score (nSPS) is 27.6. The number of nitriles is 1. The van der Waals surface area contributed by atoms with Crippen molar-refractivity contribution in [2.75, 3.05) is 57.1 Å². The Kier molecular flexibility index (Phi) is 6.82. The van der Waals surface area contributed by atoms with Gasteiger partial charge in [-0.25, -0.2) is 4.98 Å². The molecule has 3 saturated heterocycles. The molecule has 3 N–H and O–H groups in total. The van der Waals surface area contributed by atoms with Gasteiger partial charge in [-0.3, -0.25) is 4.90 Å². The van der Waals surface area contributed by atoms with Gasteiger partial charge in [0.1, 0.15) is 18.0 Å². The molecule has 1 aromatic carbocycles. The fraction of sp³-hybridized carbons (Fsp3) is 0.588. The summed E-state index contributed by atoms with van der Waals surface area (Å²) in [5, 5.41) is 18.5. The van der Waals surface area contributed by atoms with E-state index in [0.29, 0.717) is 47.9 Å². The molecule has 11 nitrogen and oxygen atoms in total. The summed E-state index contributed by atoms with van der Waals surface area (Å²) in [6, 6.07) is 8.69. The smallest absolute Gasteiger partial charge is 0.219 e. The second-order valence-electron chi connectivity index (χ2n) is 14.0. The molecule has 236 valence electrons.